The molecule has 0 aromatic heterocycles. The van der Waals surface area contributed by atoms with Crippen LogP contribution in [0.15, 0.2) is 66.7 Å². The topological polar surface area (TPSA) is 113 Å². The fourth-order valence-corrected chi connectivity index (χ4v) is 6.44. The van der Waals surface area contributed by atoms with Crippen molar-refractivity contribution in [1.82, 2.24) is 4.90 Å². The second-order valence-corrected chi connectivity index (χ2v) is 11.3. The highest BCUT2D eigenvalue weighted by Gasteiger charge is 2.62. The zero-order valence-corrected chi connectivity index (χ0v) is 23.9. The Balaban J connectivity index is 1.08. The van der Waals surface area contributed by atoms with Crippen molar-refractivity contribution in [2.24, 2.45) is 0 Å². The van der Waals surface area contributed by atoms with E-state index >= 15 is 0 Å². The first-order chi connectivity index (χ1) is 20.4. The number of amides is 2. The Kier molecular flexibility index (Phi) is 8.15. The summed E-state index contributed by atoms with van der Waals surface area (Å²) in [4.78, 5) is 28.1. The van der Waals surface area contributed by atoms with Gasteiger partial charge in [0.15, 0.2) is 0 Å². The molecule has 9 nitrogen and oxygen atoms in total. The lowest BCUT2D eigenvalue weighted by molar-refractivity contribution is -0.116. The number of anilines is 2. The molecule has 3 aromatic rings. The van der Waals surface area contributed by atoms with Gasteiger partial charge in [-0.15, -0.1) is 0 Å². The van der Waals surface area contributed by atoms with Crippen LogP contribution < -0.4 is 15.4 Å². The lowest BCUT2D eigenvalue weighted by Gasteiger charge is -2.37. The van der Waals surface area contributed by atoms with E-state index in [9.17, 15) is 14.7 Å². The molecule has 2 amide bonds. The number of carbonyl (C=O) groups excluding carboxylic acids is 2. The van der Waals surface area contributed by atoms with E-state index in [0.29, 0.717) is 54.0 Å². The second kappa shape index (κ2) is 12.1. The van der Waals surface area contributed by atoms with Gasteiger partial charge in [-0.05, 0) is 43.1 Å². The number of rotatable bonds is 10. The van der Waals surface area contributed by atoms with Gasteiger partial charge in [-0.25, -0.2) is 4.79 Å². The minimum atomic E-state index is -0.449. The summed E-state index contributed by atoms with van der Waals surface area (Å²) in [5, 5.41) is 15.3. The monoisotopic (exact) mass is 571 g/mol. The van der Waals surface area contributed by atoms with Crippen LogP contribution in [0.5, 0.6) is 5.75 Å². The molecule has 3 aliphatic rings. The van der Waals surface area contributed by atoms with E-state index in [1.54, 1.807) is 18.2 Å². The van der Waals surface area contributed by atoms with Gasteiger partial charge in [-0.2, -0.15) is 0 Å². The van der Waals surface area contributed by atoms with Crippen LogP contribution in [0.1, 0.15) is 36.8 Å². The summed E-state index contributed by atoms with van der Waals surface area (Å²) in [6.45, 7) is -0.135. The highest BCUT2D eigenvalue weighted by atomic mass is 16.6. The molecule has 3 heterocycles. The third-order valence-electron chi connectivity index (χ3n) is 8.66. The number of hydrogen-bond donors (Lipinski definition) is 3. The van der Waals surface area contributed by atoms with Gasteiger partial charge >= 0.3 is 6.09 Å². The normalized spacial score (nSPS) is 24.0. The molecule has 0 saturated carbocycles. The Morgan fingerprint density at radius 1 is 1.00 bits per heavy atom. The van der Waals surface area contributed by atoms with Crippen LogP contribution in [0, 0.1) is 0 Å². The van der Waals surface area contributed by atoms with Crippen LogP contribution >= 0.6 is 0 Å². The van der Waals surface area contributed by atoms with Gasteiger partial charge < -0.3 is 24.6 Å². The second-order valence-electron chi connectivity index (χ2n) is 11.3. The van der Waals surface area contributed by atoms with E-state index in [1.807, 2.05) is 48.5 Å². The number of epoxide rings is 1. The van der Waals surface area contributed by atoms with Crippen LogP contribution in [0.4, 0.5) is 16.2 Å². The fourth-order valence-electron chi connectivity index (χ4n) is 6.44. The molecule has 3 aliphatic heterocycles. The molecular formula is C33H37N3O6. The van der Waals surface area contributed by atoms with Crippen molar-refractivity contribution in [2.75, 3.05) is 24.8 Å². The number of piperidine rings is 1. The molecule has 3 N–H and O–H groups in total. The highest BCUT2D eigenvalue weighted by molar-refractivity contribution is 5.92. The molecular weight excluding hydrogens is 534 g/mol. The van der Waals surface area contributed by atoms with Crippen molar-refractivity contribution in [3.63, 3.8) is 0 Å². The molecule has 0 unspecified atom stereocenters. The molecule has 3 saturated heterocycles. The van der Waals surface area contributed by atoms with Crippen molar-refractivity contribution in [1.29, 1.82) is 0 Å². The third kappa shape index (κ3) is 5.99. The highest BCUT2D eigenvalue weighted by Crippen LogP contribution is 2.48. The van der Waals surface area contributed by atoms with Gasteiger partial charge in [0.25, 0.3) is 0 Å². The molecule has 220 valence electrons. The number of aryl methyl sites for hydroxylation is 1. The quantitative estimate of drug-likeness (QED) is 0.294. The van der Waals surface area contributed by atoms with Gasteiger partial charge in [0.1, 0.15) is 24.1 Å². The van der Waals surface area contributed by atoms with Crippen molar-refractivity contribution >= 4 is 23.4 Å². The van der Waals surface area contributed by atoms with Crippen LogP contribution in [-0.2, 0) is 27.3 Å². The SMILES string of the molecule is COc1cc(NC(=O)CCCc2ccc(-c3ccccc3)c(NC(=O)O[C@H]3C[C@H]4[C@@H]5O[C@@H]5[C@H](C3)N4C)c2)ccc1CO. The van der Waals surface area contributed by atoms with E-state index in [2.05, 4.69) is 22.6 Å². The zero-order chi connectivity index (χ0) is 29.2. The van der Waals surface area contributed by atoms with Gasteiger partial charge in [-0.1, -0.05) is 48.5 Å². The summed E-state index contributed by atoms with van der Waals surface area (Å²) in [6.07, 6.45) is 3.20. The third-order valence-corrected chi connectivity index (χ3v) is 8.66. The van der Waals surface area contributed by atoms with E-state index < -0.39 is 6.09 Å². The number of hydrogen-bond acceptors (Lipinski definition) is 7. The van der Waals surface area contributed by atoms with E-state index in [4.69, 9.17) is 14.2 Å². The fraction of sp³-hybridized carbons (Fsp3) is 0.394. The largest absolute Gasteiger partial charge is 0.496 e. The molecule has 3 fully saturated rings. The molecule has 0 aliphatic carbocycles. The maximum absolute atomic E-state index is 13.1. The smallest absolute Gasteiger partial charge is 0.411 e. The van der Waals surface area contributed by atoms with E-state index in [0.717, 1.165) is 29.5 Å². The minimum absolute atomic E-state index is 0.105. The maximum Gasteiger partial charge on any atom is 0.411 e. The molecule has 2 bridgehead atoms. The van der Waals surface area contributed by atoms with Crippen LogP contribution in [0.3, 0.4) is 0 Å². The number of benzene rings is 3. The molecule has 6 rings (SSSR count). The summed E-state index contributed by atoms with van der Waals surface area (Å²) in [6, 6.07) is 21.8. The summed E-state index contributed by atoms with van der Waals surface area (Å²) in [5.41, 5.74) is 4.89. The summed E-state index contributed by atoms with van der Waals surface area (Å²) < 4.78 is 17.0. The van der Waals surface area contributed by atoms with Gasteiger partial charge in [-0.3, -0.25) is 15.0 Å². The average Bonchev–Trinajstić information content (AvgIpc) is 3.76. The number of carbonyl (C=O) groups is 2. The molecule has 0 radical (unpaired) electrons. The number of nitrogens with zero attached hydrogens (tertiary/aromatic N) is 1. The minimum Gasteiger partial charge on any atom is -0.496 e. The van der Waals surface area contributed by atoms with Crippen molar-refractivity contribution in [3.05, 3.63) is 77.9 Å². The first kappa shape index (κ1) is 28.2. The number of ether oxygens (including phenoxy) is 3. The first-order valence-corrected chi connectivity index (χ1v) is 14.5. The number of morpholine rings is 1. The van der Waals surface area contributed by atoms with E-state index in [1.165, 1.54) is 7.11 Å². The lowest BCUT2D eigenvalue weighted by Crippen LogP contribution is -2.48. The number of nitrogens with one attached hydrogen (secondary N) is 2. The van der Waals surface area contributed by atoms with Gasteiger partial charge in [0, 0.05) is 54.2 Å². The Hall–Kier alpha value is -3.92. The van der Waals surface area contributed by atoms with Crippen LogP contribution in [0.25, 0.3) is 11.1 Å². The predicted molar refractivity (Wildman–Crippen MR) is 159 cm³/mol. The standard InChI is InChI=1S/C33H37N3O6/c1-36-27-17-24(18-28(36)32-31(27)42-32)41-33(39)35-26-15-20(11-14-25(26)21-8-4-3-5-9-21)7-6-10-30(38)34-23-13-12-22(19-37)29(16-23)40-2/h3-5,8-9,11-16,24,27-28,31-32,37H,6-7,10,17-19H2,1-2H3,(H,34,38)(H,35,39)/t24-,27-,28-,31-,32+/m0/s1. The van der Waals surface area contributed by atoms with Gasteiger partial charge in [0.2, 0.25) is 5.91 Å². The van der Waals surface area contributed by atoms with Crippen molar-refractivity contribution < 1.29 is 28.9 Å². The summed E-state index contributed by atoms with van der Waals surface area (Å²) in [7, 11) is 3.66. The van der Waals surface area contributed by atoms with E-state index in [-0.39, 0.29) is 30.8 Å². The Bertz CT molecular complexity index is 1430. The maximum atomic E-state index is 13.1. The lowest BCUT2D eigenvalue weighted by atomic mass is 9.99. The van der Waals surface area contributed by atoms with Crippen molar-refractivity contribution in [3.8, 4) is 16.9 Å². The summed E-state index contributed by atoms with van der Waals surface area (Å²) >= 11 is 0. The predicted octanol–water partition coefficient (Wildman–Crippen LogP) is 4.98. The number of aliphatic hydroxyl groups is 1. The molecule has 0 spiro atoms. The average molecular weight is 572 g/mol. The Labute approximate surface area is 245 Å². The molecule has 5 atom stereocenters. The molecule has 3 aromatic carbocycles. The van der Waals surface area contributed by atoms with Crippen LogP contribution in [0.2, 0.25) is 0 Å². The Morgan fingerprint density at radius 3 is 2.48 bits per heavy atom. The zero-order valence-electron chi connectivity index (χ0n) is 23.9. The number of fused-ring (bicyclic) bond motifs is 5. The number of methoxy groups -OCH3 is 1. The van der Waals surface area contributed by atoms with Crippen LogP contribution in [-0.4, -0.2) is 66.6 Å². The Morgan fingerprint density at radius 2 is 1.76 bits per heavy atom. The van der Waals surface area contributed by atoms with Crippen molar-refractivity contribution in [2.45, 2.75) is 69.1 Å². The van der Waals surface area contributed by atoms with Gasteiger partial charge in [0.05, 0.1) is 19.4 Å². The summed E-state index contributed by atoms with van der Waals surface area (Å²) in [5.74, 6) is 0.424. The molecule has 9 heteroatoms. The first-order valence-electron chi connectivity index (χ1n) is 14.5. The number of aliphatic hydroxyl groups excluding tert-OH is 1. The number of likely N-dealkylation sites (N-methyl/N-ethyl adjacent to an activating group) is 1. The molecule has 42 heavy (non-hydrogen) atoms.